The van der Waals surface area contributed by atoms with Crippen molar-refractivity contribution in [1.29, 1.82) is 0 Å². The minimum Gasteiger partial charge on any atom is -0.370 e. The molecule has 0 aliphatic carbocycles. The van der Waals surface area contributed by atoms with Crippen LogP contribution in [0.2, 0.25) is 10.0 Å². The van der Waals surface area contributed by atoms with E-state index >= 15 is 0 Å². The third kappa shape index (κ3) is 3.96. The quantitative estimate of drug-likeness (QED) is 0.584. The SMILES string of the molecule is NNc1cc(NCCc2ccc(Cl)cc2Cl)ncn1. The van der Waals surface area contributed by atoms with Crippen LogP contribution in [0.5, 0.6) is 0 Å². The number of nitrogens with two attached hydrogens (primary N) is 1. The van der Waals surface area contributed by atoms with Gasteiger partial charge in [-0.1, -0.05) is 29.3 Å². The lowest BCUT2D eigenvalue weighted by Gasteiger charge is -2.08. The molecule has 0 amide bonds. The number of nitrogens with zero attached hydrogens (tertiary/aromatic N) is 2. The van der Waals surface area contributed by atoms with Crippen molar-refractivity contribution in [2.24, 2.45) is 5.84 Å². The molecule has 0 saturated carbocycles. The Labute approximate surface area is 121 Å². The third-order valence-corrected chi connectivity index (χ3v) is 3.12. The zero-order valence-corrected chi connectivity index (χ0v) is 11.5. The zero-order chi connectivity index (χ0) is 13.7. The monoisotopic (exact) mass is 297 g/mol. The number of hydrogen-bond donors (Lipinski definition) is 3. The predicted octanol–water partition coefficient (Wildman–Crippen LogP) is 2.72. The molecule has 0 unspecified atom stereocenters. The summed E-state index contributed by atoms with van der Waals surface area (Å²) in [4.78, 5) is 8.01. The van der Waals surface area contributed by atoms with Crippen LogP contribution in [-0.4, -0.2) is 16.5 Å². The Kier molecular flexibility index (Phi) is 4.79. The Bertz CT molecular complexity index is 562. The number of hydrazine groups is 1. The molecule has 1 heterocycles. The van der Waals surface area contributed by atoms with Crippen molar-refractivity contribution in [3.63, 3.8) is 0 Å². The van der Waals surface area contributed by atoms with Crippen molar-refractivity contribution in [2.45, 2.75) is 6.42 Å². The van der Waals surface area contributed by atoms with Crippen molar-refractivity contribution >= 4 is 34.8 Å². The molecule has 100 valence electrons. The molecule has 0 aliphatic rings. The molecule has 2 rings (SSSR count). The molecule has 0 saturated heterocycles. The third-order valence-electron chi connectivity index (χ3n) is 2.53. The summed E-state index contributed by atoms with van der Waals surface area (Å²) in [6.07, 6.45) is 2.21. The first-order valence-electron chi connectivity index (χ1n) is 5.65. The summed E-state index contributed by atoms with van der Waals surface area (Å²) in [5, 5.41) is 4.47. The number of nitrogen functional groups attached to an aromatic ring is 1. The number of anilines is 2. The van der Waals surface area contributed by atoms with Crippen LogP contribution in [0.25, 0.3) is 0 Å². The Morgan fingerprint density at radius 2 is 1.89 bits per heavy atom. The van der Waals surface area contributed by atoms with Gasteiger partial charge in [0.05, 0.1) is 0 Å². The van der Waals surface area contributed by atoms with E-state index in [-0.39, 0.29) is 0 Å². The predicted molar refractivity (Wildman–Crippen MR) is 78.5 cm³/mol. The molecule has 0 radical (unpaired) electrons. The van der Waals surface area contributed by atoms with Gasteiger partial charge < -0.3 is 10.7 Å². The number of nitrogens with one attached hydrogen (secondary N) is 2. The summed E-state index contributed by atoms with van der Waals surface area (Å²) < 4.78 is 0. The first kappa shape index (κ1) is 13.9. The highest BCUT2D eigenvalue weighted by molar-refractivity contribution is 6.35. The van der Waals surface area contributed by atoms with Gasteiger partial charge in [-0.2, -0.15) is 0 Å². The van der Waals surface area contributed by atoms with E-state index < -0.39 is 0 Å². The summed E-state index contributed by atoms with van der Waals surface area (Å²) >= 11 is 11.9. The smallest absolute Gasteiger partial charge is 0.145 e. The van der Waals surface area contributed by atoms with Gasteiger partial charge in [0.15, 0.2) is 0 Å². The summed E-state index contributed by atoms with van der Waals surface area (Å²) in [7, 11) is 0. The van der Waals surface area contributed by atoms with Crippen LogP contribution >= 0.6 is 23.2 Å². The van der Waals surface area contributed by atoms with Gasteiger partial charge in [-0.3, -0.25) is 0 Å². The van der Waals surface area contributed by atoms with Crippen LogP contribution in [-0.2, 0) is 6.42 Å². The fourth-order valence-corrected chi connectivity index (χ4v) is 2.09. The van der Waals surface area contributed by atoms with E-state index in [9.17, 15) is 0 Å². The highest BCUT2D eigenvalue weighted by Crippen LogP contribution is 2.21. The molecular formula is C12H13Cl2N5. The Morgan fingerprint density at radius 3 is 2.63 bits per heavy atom. The van der Waals surface area contributed by atoms with E-state index in [0.29, 0.717) is 28.2 Å². The molecule has 1 aromatic heterocycles. The van der Waals surface area contributed by atoms with Crippen LogP contribution in [0, 0.1) is 0 Å². The average molecular weight is 298 g/mol. The van der Waals surface area contributed by atoms with Gasteiger partial charge in [-0.05, 0) is 24.1 Å². The maximum Gasteiger partial charge on any atom is 0.145 e. The van der Waals surface area contributed by atoms with E-state index in [1.807, 2.05) is 12.1 Å². The molecule has 0 bridgehead atoms. The minimum absolute atomic E-state index is 0.557. The molecule has 19 heavy (non-hydrogen) atoms. The van der Waals surface area contributed by atoms with Crippen LogP contribution < -0.4 is 16.6 Å². The summed E-state index contributed by atoms with van der Waals surface area (Å²) in [5.41, 5.74) is 3.50. The average Bonchev–Trinajstić information content (AvgIpc) is 2.41. The Morgan fingerprint density at radius 1 is 1.11 bits per heavy atom. The number of aromatic nitrogens is 2. The highest BCUT2D eigenvalue weighted by Gasteiger charge is 2.02. The molecule has 7 heteroatoms. The normalized spacial score (nSPS) is 10.3. The summed E-state index contributed by atoms with van der Waals surface area (Å²) in [6, 6.07) is 7.20. The van der Waals surface area contributed by atoms with E-state index in [1.165, 1.54) is 6.33 Å². The molecule has 0 spiro atoms. The first-order valence-corrected chi connectivity index (χ1v) is 6.41. The molecule has 0 fully saturated rings. The standard InChI is InChI=1S/C12H13Cl2N5/c13-9-2-1-8(10(14)5-9)3-4-16-11-6-12(19-15)18-7-17-11/h1-2,5-7H,3-4,15H2,(H2,16,17,18,19). The first-order chi connectivity index (χ1) is 9.19. The van der Waals surface area contributed by atoms with E-state index in [0.717, 1.165) is 12.0 Å². The topological polar surface area (TPSA) is 75.9 Å². The van der Waals surface area contributed by atoms with Gasteiger partial charge in [0.25, 0.3) is 0 Å². The van der Waals surface area contributed by atoms with Crippen LogP contribution in [0.3, 0.4) is 0 Å². The van der Waals surface area contributed by atoms with Crippen molar-refractivity contribution in [3.8, 4) is 0 Å². The number of benzene rings is 1. The zero-order valence-electron chi connectivity index (χ0n) is 10.0. The molecular weight excluding hydrogens is 285 g/mol. The number of hydrogen-bond acceptors (Lipinski definition) is 5. The second-order valence-electron chi connectivity index (χ2n) is 3.85. The maximum absolute atomic E-state index is 6.09. The molecule has 1 aromatic carbocycles. The molecule has 4 N–H and O–H groups in total. The highest BCUT2D eigenvalue weighted by atomic mass is 35.5. The van der Waals surface area contributed by atoms with Crippen molar-refractivity contribution < 1.29 is 0 Å². The van der Waals surface area contributed by atoms with E-state index in [2.05, 4.69) is 20.7 Å². The van der Waals surface area contributed by atoms with Crippen LogP contribution in [0.1, 0.15) is 5.56 Å². The van der Waals surface area contributed by atoms with Gasteiger partial charge >= 0.3 is 0 Å². The lowest BCUT2D eigenvalue weighted by atomic mass is 10.1. The Hall–Kier alpha value is -1.56. The molecule has 2 aromatic rings. The second-order valence-corrected chi connectivity index (χ2v) is 4.69. The summed E-state index contributed by atoms with van der Waals surface area (Å²) in [5.74, 6) is 6.53. The molecule has 0 atom stereocenters. The molecule has 5 nitrogen and oxygen atoms in total. The van der Waals surface area contributed by atoms with Gasteiger partial charge in [0, 0.05) is 22.7 Å². The Balaban J connectivity index is 1.92. The molecule has 0 aliphatic heterocycles. The van der Waals surface area contributed by atoms with Gasteiger partial charge in [0.2, 0.25) is 0 Å². The lowest BCUT2D eigenvalue weighted by molar-refractivity contribution is 0.998. The fraction of sp³-hybridized carbons (Fsp3) is 0.167. The fourth-order valence-electron chi connectivity index (χ4n) is 1.58. The largest absolute Gasteiger partial charge is 0.370 e. The van der Waals surface area contributed by atoms with Crippen molar-refractivity contribution in [1.82, 2.24) is 9.97 Å². The summed E-state index contributed by atoms with van der Waals surface area (Å²) in [6.45, 7) is 0.697. The van der Waals surface area contributed by atoms with Crippen molar-refractivity contribution in [2.75, 3.05) is 17.3 Å². The number of rotatable bonds is 5. The lowest BCUT2D eigenvalue weighted by Crippen LogP contribution is -2.11. The van der Waals surface area contributed by atoms with Crippen LogP contribution in [0.4, 0.5) is 11.6 Å². The second kappa shape index (κ2) is 6.56. The maximum atomic E-state index is 6.09. The van der Waals surface area contributed by atoms with E-state index in [1.54, 1.807) is 12.1 Å². The van der Waals surface area contributed by atoms with Gasteiger partial charge in [-0.25, -0.2) is 15.8 Å². The minimum atomic E-state index is 0.557. The van der Waals surface area contributed by atoms with Crippen LogP contribution in [0.15, 0.2) is 30.6 Å². The number of halogens is 2. The van der Waals surface area contributed by atoms with Crippen molar-refractivity contribution in [3.05, 3.63) is 46.2 Å². The van der Waals surface area contributed by atoms with Gasteiger partial charge in [0.1, 0.15) is 18.0 Å². The van der Waals surface area contributed by atoms with Gasteiger partial charge in [-0.15, -0.1) is 0 Å². The van der Waals surface area contributed by atoms with E-state index in [4.69, 9.17) is 29.0 Å².